The number of alkyl halides is 2. The average Bonchev–Trinajstić information content (AvgIpc) is 3.49. The van der Waals surface area contributed by atoms with Gasteiger partial charge in [-0.25, -0.2) is 18.4 Å². The predicted molar refractivity (Wildman–Crippen MR) is 204 cm³/mol. The summed E-state index contributed by atoms with van der Waals surface area (Å²) >= 11 is 13.4. The van der Waals surface area contributed by atoms with Gasteiger partial charge in [0.2, 0.25) is 5.92 Å². The Balaban J connectivity index is 1.28. The summed E-state index contributed by atoms with van der Waals surface area (Å²) in [4.78, 5) is 25.7. The van der Waals surface area contributed by atoms with Crippen molar-refractivity contribution >= 4 is 40.7 Å². The molecule has 2 aromatic rings. The molecular formula is C43H54Cl2F2O6. The van der Waals surface area contributed by atoms with E-state index in [2.05, 4.69) is 26.8 Å². The van der Waals surface area contributed by atoms with Crippen LogP contribution >= 0.6 is 23.2 Å². The first-order valence-electron chi connectivity index (χ1n) is 19.1. The third-order valence-corrected chi connectivity index (χ3v) is 14.9. The van der Waals surface area contributed by atoms with E-state index in [1.807, 2.05) is 0 Å². The van der Waals surface area contributed by atoms with Crippen molar-refractivity contribution in [3.8, 4) is 11.5 Å². The van der Waals surface area contributed by atoms with E-state index >= 15 is 0 Å². The van der Waals surface area contributed by atoms with Crippen molar-refractivity contribution in [2.24, 2.45) is 46.3 Å². The normalized spacial score (nSPS) is 30.6. The van der Waals surface area contributed by atoms with Crippen LogP contribution in [0, 0.1) is 46.3 Å². The molecule has 8 atom stereocenters. The number of hydrogen-bond donors (Lipinski definition) is 0. The SMILES string of the molecule is COC(=O)c1cc(C(=CCCC(C)C2CCC3C4CCC5CC(F)(F)CCC5(C)C4CCC23C)c2cc(Cl)c(OC)c(C(=O)OC)c2)cc(Cl)c1OC. The van der Waals surface area contributed by atoms with Crippen molar-refractivity contribution in [2.45, 2.75) is 97.3 Å². The first-order valence-corrected chi connectivity index (χ1v) is 19.9. The van der Waals surface area contributed by atoms with E-state index < -0.39 is 17.9 Å². The molecule has 4 aliphatic rings. The molecule has 0 radical (unpaired) electrons. The Hall–Kier alpha value is -2.84. The van der Waals surface area contributed by atoms with E-state index in [1.165, 1.54) is 41.3 Å². The summed E-state index contributed by atoms with van der Waals surface area (Å²) in [6, 6.07) is 6.85. The molecule has 6 nitrogen and oxygen atoms in total. The molecule has 0 spiro atoms. The highest BCUT2D eigenvalue weighted by Crippen LogP contribution is 2.69. The van der Waals surface area contributed by atoms with Crippen LogP contribution in [0.15, 0.2) is 30.3 Å². The Morgan fingerprint density at radius 1 is 0.792 bits per heavy atom. The molecule has 4 aliphatic carbocycles. The molecular weight excluding hydrogens is 721 g/mol. The number of carbonyl (C=O) groups excluding carboxylic acids is 2. The van der Waals surface area contributed by atoms with Crippen molar-refractivity contribution in [1.29, 1.82) is 0 Å². The lowest BCUT2D eigenvalue weighted by atomic mass is 9.44. The first kappa shape index (κ1) is 39.8. The summed E-state index contributed by atoms with van der Waals surface area (Å²) in [5.41, 5.74) is 2.62. The van der Waals surface area contributed by atoms with Gasteiger partial charge in [0.25, 0.3) is 0 Å². The zero-order valence-electron chi connectivity index (χ0n) is 32.1. The summed E-state index contributed by atoms with van der Waals surface area (Å²) in [6.45, 7) is 7.24. The Bertz CT molecular complexity index is 1680. The summed E-state index contributed by atoms with van der Waals surface area (Å²) < 4.78 is 50.0. The molecule has 0 saturated heterocycles. The topological polar surface area (TPSA) is 71.1 Å². The zero-order chi connectivity index (χ0) is 38.5. The molecule has 290 valence electrons. The summed E-state index contributed by atoms with van der Waals surface area (Å²) in [7, 11) is 5.49. The number of allylic oxidation sites excluding steroid dienone is 1. The lowest BCUT2D eigenvalue weighted by Crippen LogP contribution is -2.55. The number of benzene rings is 2. The Morgan fingerprint density at radius 3 is 1.91 bits per heavy atom. The van der Waals surface area contributed by atoms with Crippen molar-refractivity contribution in [2.75, 3.05) is 28.4 Å². The minimum absolute atomic E-state index is 0.0347. The van der Waals surface area contributed by atoms with Crippen LogP contribution in [0.3, 0.4) is 0 Å². The van der Waals surface area contributed by atoms with Crippen LogP contribution in [-0.2, 0) is 9.47 Å². The van der Waals surface area contributed by atoms with Crippen LogP contribution in [0.2, 0.25) is 10.0 Å². The average molecular weight is 776 g/mol. The smallest absolute Gasteiger partial charge is 0.341 e. The van der Waals surface area contributed by atoms with Gasteiger partial charge in [-0.05, 0) is 145 Å². The monoisotopic (exact) mass is 774 g/mol. The number of fused-ring (bicyclic) bond motifs is 5. The highest BCUT2D eigenvalue weighted by Gasteiger charge is 2.62. The standard InChI is InChI=1S/C43H54Cl2F2O6/c1-24(32-13-14-33-29-12-11-27-23-43(46,47)18-17-41(27,2)34(29)15-16-42(32,33)3)9-8-10-28(25-19-30(39(48)52-6)37(50-4)35(44)21-25)26-20-31(40(49)53-7)38(51-5)36(45)22-26/h10,19-22,24,27,29,32-34H,8-9,11-18,23H2,1-7H3. The molecule has 6 rings (SSSR count). The Labute approximate surface area is 323 Å². The highest BCUT2D eigenvalue weighted by molar-refractivity contribution is 6.33. The van der Waals surface area contributed by atoms with Gasteiger partial charge in [0.15, 0.2) is 11.5 Å². The van der Waals surface area contributed by atoms with Gasteiger partial charge in [0, 0.05) is 12.8 Å². The van der Waals surface area contributed by atoms with Crippen LogP contribution in [0.5, 0.6) is 11.5 Å². The molecule has 0 bridgehead atoms. The van der Waals surface area contributed by atoms with Crippen LogP contribution in [0.4, 0.5) is 8.78 Å². The number of rotatable bonds is 10. The second-order valence-electron chi connectivity index (χ2n) is 16.7. The second kappa shape index (κ2) is 15.4. The van der Waals surface area contributed by atoms with Gasteiger partial charge < -0.3 is 18.9 Å². The lowest BCUT2D eigenvalue weighted by molar-refractivity contribution is -0.164. The third kappa shape index (κ3) is 7.21. The number of ether oxygens (including phenoxy) is 4. The summed E-state index contributed by atoms with van der Waals surface area (Å²) in [5, 5.41) is 0.477. The minimum Gasteiger partial charge on any atom is -0.494 e. The number of hydrogen-bond acceptors (Lipinski definition) is 6. The van der Waals surface area contributed by atoms with Crippen LogP contribution in [0.1, 0.15) is 123 Å². The van der Waals surface area contributed by atoms with Gasteiger partial charge in [0.05, 0.1) is 38.5 Å². The molecule has 0 N–H and O–H groups in total. The van der Waals surface area contributed by atoms with Crippen molar-refractivity contribution in [3.05, 3.63) is 62.6 Å². The maximum absolute atomic E-state index is 14.5. The number of halogens is 4. The lowest BCUT2D eigenvalue weighted by Gasteiger charge is -2.61. The largest absolute Gasteiger partial charge is 0.494 e. The molecule has 2 aromatic carbocycles. The molecule has 53 heavy (non-hydrogen) atoms. The van der Waals surface area contributed by atoms with Gasteiger partial charge in [-0.2, -0.15) is 0 Å². The van der Waals surface area contributed by atoms with Gasteiger partial charge >= 0.3 is 11.9 Å². The Morgan fingerprint density at radius 2 is 1.36 bits per heavy atom. The van der Waals surface area contributed by atoms with E-state index in [0.29, 0.717) is 47.1 Å². The quantitative estimate of drug-likeness (QED) is 0.224. The molecule has 4 saturated carbocycles. The molecule has 10 heteroatoms. The van der Waals surface area contributed by atoms with E-state index in [1.54, 1.807) is 24.3 Å². The fraction of sp³-hybridized carbons (Fsp3) is 0.628. The fourth-order valence-electron chi connectivity index (χ4n) is 11.7. The van der Waals surface area contributed by atoms with Crippen LogP contribution in [0.25, 0.3) is 5.57 Å². The number of carbonyl (C=O) groups is 2. The van der Waals surface area contributed by atoms with Gasteiger partial charge in [-0.15, -0.1) is 0 Å². The summed E-state index contributed by atoms with van der Waals surface area (Å²) in [5.74, 6) is -0.321. The molecule has 0 heterocycles. The maximum Gasteiger partial charge on any atom is 0.341 e. The van der Waals surface area contributed by atoms with E-state index in [-0.39, 0.29) is 62.3 Å². The van der Waals surface area contributed by atoms with E-state index in [4.69, 9.17) is 42.1 Å². The molecule has 0 aliphatic heterocycles. The first-order chi connectivity index (χ1) is 25.1. The second-order valence-corrected chi connectivity index (χ2v) is 17.5. The number of methoxy groups -OCH3 is 4. The third-order valence-electron chi connectivity index (χ3n) is 14.3. The van der Waals surface area contributed by atoms with Gasteiger partial charge in [-0.3, -0.25) is 0 Å². The van der Waals surface area contributed by atoms with Crippen molar-refractivity contribution < 1.29 is 37.3 Å². The van der Waals surface area contributed by atoms with Crippen LogP contribution in [-0.4, -0.2) is 46.3 Å². The van der Waals surface area contributed by atoms with E-state index in [0.717, 1.165) is 44.1 Å². The molecule has 0 amide bonds. The molecule has 4 fully saturated rings. The minimum atomic E-state index is -2.51. The fourth-order valence-corrected chi connectivity index (χ4v) is 12.3. The summed E-state index contributed by atoms with van der Waals surface area (Å²) in [6.07, 6.45) is 11.3. The zero-order valence-corrected chi connectivity index (χ0v) is 33.6. The van der Waals surface area contributed by atoms with Gasteiger partial charge in [0.1, 0.15) is 11.1 Å². The van der Waals surface area contributed by atoms with Crippen molar-refractivity contribution in [1.82, 2.24) is 0 Å². The Kier molecular flexibility index (Phi) is 11.5. The van der Waals surface area contributed by atoms with Crippen LogP contribution < -0.4 is 9.47 Å². The van der Waals surface area contributed by atoms with Gasteiger partial charge in [-0.1, -0.05) is 50.0 Å². The highest BCUT2D eigenvalue weighted by atomic mass is 35.5. The van der Waals surface area contributed by atoms with E-state index in [9.17, 15) is 18.4 Å². The van der Waals surface area contributed by atoms with Crippen molar-refractivity contribution in [3.63, 3.8) is 0 Å². The molecule has 0 aromatic heterocycles. The maximum atomic E-state index is 14.5. The molecule has 8 unspecified atom stereocenters. The number of esters is 2. The predicted octanol–water partition coefficient (Wildman–Crippen LogP) is 11.7.